The van der Waals surface area contributed by atoms with Crippen LogP contribution in [0.2, 0.25) is 0 Å². The zero-order chi connectivity index (χ0) is 21.5. The fraction of sp³-hybridized carbons (Fsp3) is 0.292. The first-order valence-electron chi connectivity index (χ1n) is 10.3. The van der Waals surface area contributed by atoms with Gasteiger partial charge in [0.15, 0.2) is 22.9 Å². The van der Waals surface area contributed by atoms with E-state index in [-0.39, 0.29) is 11.7 Å². The van der Waals surface area contributed by atoms with E-state index >= 15 is 0 Å². The van der Waals surface area contributed by atoms with E-state index in [4.69, 9.17) is 24.0 Å². The van der Waals surface area contributed by atoms with Gasteiger partial charge in [-0.15, -0.1) is 0 Å². The summed E-state index contributed by atoms with van der Waals surface area (Å²) in [5.41, 5.74) is 4.96. The number of carbonyl (C=O) groups excluding carboxylic acids is 1. The molecule has 0 saturated carbocycles. The van der Waals surface area contributed by atoms with Gasteiger partial charge in [0, 0.05) is 30.5 Å². The molecule has 7 nitrogen and oxygen atoms in total. The van der Waals surface area contributed by atoms with Crippen LogP contribution in [-0.2, 0) is 12.8 Å². The predicted octanol–water partition coefficient (Wildman–Crippen LogP) is 4.48. The van der Waals surface area contributed by atoms with Gasteiger partial charge in [0.1, 0.15) is 5.76 Å². The zero-order valence-electron chi connectivity index (χ0n) is 17.7. The second-order valence-corrected chi connectivity index (χ2v) is 7.66. The zero-order valence-corrected chi connectivity index (χ0v) is 17.7. The summed E-state index contributed by atoms with van der Waals surface area (Å²) in [6.45, 7) is 2.06. The lowest BCUT2D eigenvalue weighted by molar-refractivity contribution is 0.0958. The van der Waals surface area contributed by atoms with E-state index in [2.05, 4.69) is 6.92 Å². The normalized spacial score (nSPS) is 15.8. The van der Waals surface area contributed by atoms with Gasteiger partial charge in [-0.1, -0.05) is 13.0 Å². The van der Waals surface area contributed by atoms with E-state index in [1.54, 1.807) is 25.0 Å². The number of furan rings is 1. The van der Waals surface area contributed by atoms with Gasteiger partial charge in [0.05, 0.1) is 37.4 Å². The van der Waals surface area contributed by atoms with E-state index in [0.29, 0.717) is 29.9 Å². The maximum Gasteiger partial charge on any atom is 0.167 e. The molecule has 31 heavy (non-hydrogen) atoms. The van der Waals surface area contributed by atoms with Gasteiger partial charge in [-0.3, -0.25) is 4.79 Å². The number of methoxy groups -OCH3 is 2. The molecule has 158 valence electrons. The number of rotatable bonds is 5. The van der Waals surface area contributed by atoms with Gasteiger partial charge in [0.2, 0.25) is 0 Å². The number of ether oxygens (including phenoxy) is 2. The summed E-state index contributed by atoms with van der Waals surface area (Å²) >= 11 is 0. The molecule has 1 aromatic carbocycles. The van der Waals surface area contributed by atoms with Crippen molar-refractivity contribution in [2.24, 2.45) is 0 Å². The molecule has 1 aliphatic carbocycles. The lowest BCUT2D eigenvalue weighted by atomic mass is 9.85. The molecule has 0 radical (unpaired) electrons. The van der Waals surface area contributed by atoms with Crippen LogP contribution in [-0.4, -0.2) is 34.6 Å². The fourth-order valence-electron chi connectivity index (χ4n) is 4.34. The highest BCUT2D eigenvalue weighted by atomic mass is 16.5. The van der Waals surface area contributed by atoms with Crippen molar-refractivity contribution in [1.29, 1.82) is 0 Å². The minimum Gasteiger partial charge on any atom is -0.493 e. The Bertz CT molecular complexity index is 1270. The van der Waals surface area contributed by atoms with Crippen LogP contribution >= 0.6 is 0 Å². The minimum atomic E-state index is 0.00282. The van der Waals surface area contributed by atoms with Crippen molar-refractivity contribution in [3.05, 3.63) is 65.5 Å². The monoisotopic (exact) mass is 417 g/mol. The van der Waals surface area contributed by atoms with Gasteiger partial charge in [-0.05, 0) is 36.2 Å². The molecule has 0 spiro atoms. The summed E-state index contributed by atoms with van der Waals surface area (Å²) in [7, 11) is 3.23. The van der Waals surface area contributed by atoms with E-state index in [9.17, 15) is 4.79 Å². The minimum absolute atomic E-state index is 0.00282. The molecular formula is C24H23N3O4. The lowest BCUT2D eigenvalue weighted by Gasteiger charge is -2.21. The molecule has 1 unspecified atom stereocenters. The second-order valence-electron chi connectivity index (χ2n) is 7.66. The summed E-state index contributed by atoms with van der Waals surface area (Å²) in [6.07, 6.45) is 5.27. The van der Waals surface area contributed by atoms with Crippen LogP contribution in [0.3, 0.4) is 0 Å². The largest absolute Gasteiger partial charge is 0.493 e. The smallest absolute Gasteiger partial charge is 0.167 e. The quantitative estimate of drug-likeness (QED) is 0.476. The van der Waals surface area contributed by atoms with Crippen LogP contribution in [0.15, 0.2) is 47.2 Å². The first-order chi connectivity index (χ1) is 15.1. The van der Waals surface area contributed by atoms with Gasteiger partial charge < -0.3 is 13.9 Å². The van der Waals surface area contributed by atoms with Gasteiger partial charge in [-0.2, -0.15) is 5.10 Å². The van der Waals surface area contributed by atoms with Crippen molar-refractivity contribution in [3.63, 3.8) is 0 Å². The average molecular weight is 417 g/mol. The molecule has 3 heterocycles. The number of Topliss-reactive ketones (excluding diaryl/α,β-unsaturated/α-hetero) is 1. The molecule has 0 bridgehead atoms. The number of aryl methyl sites for hydroxylation is 1. The Labute approximate surface area is 179 Å². The van der Waals surface area contributed by atoms with E-state index in [1.807, 2.05) is 36.5 Å². The Morgan fingerprint density at radius 2 is 2.00 bits per heavy atom. The number of nitrogens with zero attached hydrogens (tertiary/aromatic N) is 3. The molecule has 7 heteroatoms. The van der Waals surface area contributed by atoms with Crippen molar-refractivity contribution in [1.82, 2.24) is 14.6 Å². The average Bonchev–Trinajstić information content (AvgIpc) is 3.45. The summed E-state index contributed by atoms with van der Waals surface area (Å²) in [5.74, 6) is 2.20. The lowest BCUT2D eigenvalue weighted by Crippen LogP contribution is -2.21. The number of fused-ring (bicyclic) bond motifs is 2. The number of hydrogen-bond acceptors (Lipinski definition) is 6. The number of benzene rings is 1. The third kappa shape index (κ3) is 3.17. The van der Waals surface area contributed by atoms with Gasteiger partial charge in [0.25, 0.3) is 0 Å². The molecule has 1 atom stereocenters. The van der Waals surface area contributed by atoms with Crippen LogP contribution in [0.5, 0.6) is 11.5 Å². The summed E-state index contributed by atoms with van der Waals surface area (Å²) in [6, 6.07) is 9.57. The highest BCUT2D eigenvalue weighted by Gasteiger charge is 2.30. The Kier molecular flexibility index (Phi) is 4.73. The predicted molar refractivity (Wildman–Crippen MR) is 115 cm³/mol. The van der Waals surface area contributed by atoms with Crippen molar-refractivity contribution in [2.75, 3.05) is 14.2 Å². The molecule has 5 rings (SSSR count). The third-order valence-electron chi connectivity index (χ3n) is 5.89. The van der Waals surface area contributed by atoms with E-state index in [0.717, 1.165) is 40.3 Å². The first kappa shape index (κ1) is 19.4. The molecule has 3 aromatic heterocycles. The topological polar surface area (TPSA) is 78.9 Å². The van der Waals surface area contributed by atoms with Crippen LogP contribution in [0.4, 0.5) is 0 Å². The molecule has 4 aromatic rings. The van der Waals surface area contributed by atoms with Crippen LogP contribution in [0.1, 0.15) is 46.8 Å². The molecule has 0 N–H and O–H groups in total. The summed E-state index contributed by atoms with van der Waals surface area (Å²) in [4.78, 5) is 17.8. The molecule has 0 amide bonds. The van der Waals surface area contributed by atoms with Crippen molar-refractivity contribution in [2.45, 2.75) is 32.1 Å². The number of aromatic nitrogens is 3. The van der Waals surface area contributed by atoms with E-state index in [1.165, 1.54) is 0 Å². The molecular weight excluding hydrogens is 394 g/mol. The maximum atomic E-state index is 12.9. The van der Waals surface area contributed by atoms with Crippen molar-refractivity contribution < 1.29 is 18.7 Å². The highest BCUT2D eigenvalue weighted by molar-refractivity contribution is 5.99. The molecule has 0 aliphatic heterocycles. The fourth-order valence-corrected chi connectivity index (χ4v) is 4.34. The molecule has 0 saturated heterocycles. The van der Waals surface area contributed by atoms with E-state index < -0.39 is 0 Å². The molecule has 1 aliphatic rings. The van der Waals surface area contributed by atoms with Crippen molar-refractivity contribution >= 4 is 11.4 Å². The number of ketones is 1. The SMILES string of the molecule is CCc1nn2cc3c(nc2c1-c1ccc(OC)c(OC)c1)CC(c1ccco1)CC3=O. The number of hydrogen-bond donors (Lipinski definition) is 0. The van der Waals surface area contributed by atoms with Crippen LogP contribution < -0.4 is 9.47 Å². The van der Waals surface area contributed by atoms with Gasteiger partial charge in [-0.25, -0.2) is 9.50 Å². The Morgan fingerprint density at radius 1 is 1.16 bits per heavy atom. The maximum absolute atomic E-state index is 12.9. The molecule has 0 fully saturated rings. The first-order valence-corrected chi connectivity index (χ1v) is 10.3. The van der Waals surface area contributed by atoms with Crippen LogP contribution in [0.25, 0.3) is 16.8 Å². The Balaban J connectivity index is 1.67. The van der Waals surface area contributed by atoms with Gasteiger partial charge >= 0.3 is 0 Å². The highest BCUT2D eigenvalue weighted by Crippen LogP contribution is 2.37. The Morgan fingerprint density at radius 3 is 2.71 bits per heavy atom. The second kappa shape index (κ2) is 7.58. The summed E-state index contributed by atoms with van der Waals surface area (Å²) in [5, 5.41) is 4.73. The van der Waals surface area contributed by atoms with Crippen molar-refractivity contribution in [3.8, 4) is 22.6 Å². The summed E-state index contributed by atoms with van der Waals surface area (Å²) < 4.78 is 18.2. The Hall–Kier alpha value is -3.61. The third-order valence-corrected chi connectivity index (χ3v) is 5.89. The standard InChI is InChI=1S/C24H23N3O4/c1-4-17-23(14-7-8-21(29-2)22(12-14)30-3)24-25-18-10-15(20-6-5-9-31-20)11-19(28)16(18)13-27(24)26-17/h5-9,12-13,15H,4,10-11H2,1-3H3. The van der Waals surface area contributed by atoms with Crippen LogP contribution in [0, 0.1) is 0 Å². The number of carbonyl (C=O) groups is 1.